The molecule has 0 unspecified atom stereocenters. The summed E-state index contributed by atoms with van der Waals surface area (Å²) >= 11 is 1.39. The fourth-order valence-electron chi connectivity index (χ4n) is 3.46. The van der Waals surface area contributed by atoms with Crippen LogP contribution in [-0.4, -0.2) is 48.3 Å². The van der Waals surface area contributed by atoms with E-state index in [9.17, 15) is 27.1 Å². The number of fused-ring (bicyclic) bond motifs is 1. The van der Waals surface area contributed by atoms with Crippen LogP contribution in [-0.2, 0) is 11.7 Å². The van der Waals surface area contributed by atoms with Crippen LogP contribution in [0.15, 0.2) is 41.9 Å². The van der Waals surface area contributed by atoms with Gasteiger partial charge in [-0.15, -0.1) is 11.3 Å². The zero-order valence-electron chi connectivity index (χ0n) is 16.0. The van der Waals surface area contributed by atoms with E-state index in [1.54, 1.807) is 17.6 Å². The van der Waals surface area contributed by atoms with Crippen molar-refractivity contribution in [1.82, 2.24) is 9.88 Å². The average molecular weight is 458 g/mol. The summed E-state index contributed by atoms with van der Waals surface area (Å²) in [4.78, 5) is 7.96. The Morgan fingerprint density at radius 1 is 1.00 bits per heavy atom. The minimum Gasteiger partial charge on any atom is -0.425 e. The van der Waals surface area contributed by atoms with E-state index in [0.29, 0.717) is 37.4 Å². The first-order chi connectivity index (χ1) is 14.7. The van der Waals surface area contributed by atoms with E-state index in [2.05, 4.69) is 9.72 Å². The van der Waals surface area contributed by atoms with Crippen LogP contribution in [0.3, 0.4) is 0 Å². The summed E-state index contributed by atoms with van der Waals surface area (Å²) in [6.07, 6.45) is -11.1. The van der Waals surface area contributed by atoms with Gasteiger partial charge in [0, 0.05) is 38.3 Å². The molecule has 0 N–H and O–H groups in total. The molecule has 165 valence electrons. The molecule has 1 aromatic heterocycles. The quantitative estimate of drug-likeness (QED) is 0.487. The third kappa shape index (κ3) is 4.38. The van der Waals surface area contributed by atoms with Crippen molar-refractivity contribution in [1.29, 1.82) is 0 Å². The minimum absolute atomic E-state index is 0.139. The zero-order chi connectivity index (χ0) is 22.2. The topological polar surface area (TPSA) is 48.5 Å². The molecular formula is C20H17F5N3O2S. The van der Waals surface area contributed by atoms with Crippen LogP contribution in [0.25, 0.3) is 10.2 Å². The molecule has 2 aromatic carbocycles. The molecule has 2 heterocycles. The van der Waals surface area contributed by atoms with Crippen molar-refractivity contribution in [2.45, 2.75) is 18.8 Å². The first-order valence-electron chi connectivity index (χ1n) is 9.38. The van der Waals surface area contributed by atoms with E-state index in [1.165, 1.54) is 23.5 Å². The van der Waals surface area contributed by atoms with Gasteiger partial charge in [-0.05, 0) is 18.2 Å². The molecule has 0 bridgehead atoms. The van der Waals surface area contributed by atoms with Crippen LogP contribution >= 0.6 is 11.3 Å². The molecule has 1 radical (unpaired) electrons. The summed E-state index contributed by atoms with van der Waals surface area (Å²) in [6.45, 7) is 2.16. The predicted molar refractivity (Wildman–Crippen MR) is 105 cm³/mol. The van der Waals surface area contributed by atoms with Crippen LogP contribution in [0.1, 0.15) is 5.56 Å². The molecule has 3 aromatic rings. The van der Waals surface area contributed by atoms with Gasteiger partial charge in [-0.25, -0.2) is 4.98 Å². The highest BCUT2D eigenvalue weighted by molar-refractivity contribution is 7.16. The van der Waals surface area contributed by atoms with Gasteiger partial charge in [0.05, 0.1) is 15.9 Å². The molecule has 31 heavy (non-hydrogen) atoms. The van der Waals surface area contributed by atoms with Gasteiger partial charge >= 0.3 is 12.3 Å². The number of para-hydroxylation sites is 1. The number of thiazole rings is 1. The van der Waals surface area contributed by atoms with E-state index in [0.717, 1.165) is 10.8 Å². The van der Waals surface area contributed by atoms with Gasteiger partial charge in [0.1, 0.15) is 11.3 Å². The second-order valence-corrected chi connectivity index (χ2v) is 7.99. The van der Waals surface area contributed by atoms with Crippen molar-refractivity contribution in [3.63, 3.8) is 0 Å². The highest BCUT2D eigenvalue weighted by atomic mass is 32.1. The van der Waals surface area contributed by atoms with Crippen LogP contribution in [0.4, 0.5) is 27.6 Å². The SMILES string of the molecule is [O]c1c(N2CCN(Cc3ccccc3OC(F)(F)C(F)(F)F)CC2)ccc2scnc12. The normalized spacial score (nSPS) is 16.1. The molecule has 1 aliphatic heterocycles. The number of rotatable bonds is 5. The van der Waals surface area contributed by atoms with Crippen molar-refractivity contribution < 1.29 is 31.8 Å². The molecule has 0 amide bonds. The highest BCUT2D eigenvalue weighted by Gasteiger charge is 2.61. The summed E-state index contributed by atoms with van der Waals surface area (Å²) in [7, 11) is 0. The highest BCUT2D eigenvalue weighted by Crippen LogP contribution is 2.39. The van der Waals surface area contributed by atoms with E-state index >= 15 is 0 Å². The maximum Gasteiger partial charge on any atom is 0.499 e. The van der Waals surface area contributed by atoms with Gasteiger partial charge in [0.2, 0.25) is 5.75 Å². The Kier molecular flexibility index (Phi) is 5.65. The van der Waals surface area contributed by atoms with Crippen molar-refractivity contribution in [3.8, 4) is 11.5 Å². The van der Waals surface area contributed by atoms with Crippen molar-refractivity contribution >= 4 is 27.2 Å². The van der Waals surface area contributed by atoms with Crippen LogP contribution < -0.4 is 9.64 Å². The molecule has 1 aliphatic rings. The first-order valence-corrected chi connectivity index (χ1v) is 10.3. The van der Waals surface area contributed by atoms with Gasteiger partial charge in [-0.2, -0.15) is 22.0 Å². The Morgan fingerprint density at radius 2 is 1.71 bits per heavy atom. The number of piperazine rings is 1. The zero-order valence-corrected chi connectivity index (χ0v) is 16.8. The van der Waals surface area contributed by atoms with Gasteiger partial charge in [0.15, 0.2) is 0 Å². The van der Waals surface area contributed by atoms with E-state index in [-0.39, 0.29) is 17.9 Å². The lowest BCUT2D eigenvalue weighted by Gasteiger charge is -2.36. The first kappa shape index (κ1) is 21.6. The molecule has 1 saturated heterocycles. The van der Waals surface area contributed by atoms with Crippen molar-refractivity contribution in [3.05, 3.63) is 47.5 Å². The van der Waals surface area contributed by atoms with Crippen LogP contribution in [0, 0.1) is 0 Å². The molecule has 11 heteroatoms. The summed E-state index contributed by atoms with van der Waals surface area (Å²) < 4.78 is 69.0. The van der Waals surface area contributed by atoms with Gasteiger partial charge in [0.25, 0.3) is 0 Å². The molecular weight excluding hydrogens is 441 g/mol. The van der Waals surface area contributed by atoms with Crippen molar-refractivity contribution in [2.24, 2.45) is 0 Å². The Hall–Kier alpha value is -2.66. The Balaban J connectivity index is 1.43. The molecule has 0 atom stereocenters. The molecule has 0 aliphatic carbocycles. The van der Waals surface area contributed by atoms with Gasteiger partial charge in [-0.3, -0.25) is 10.0 Å². The summed E-state index contributed by atoms with van der Waals surface area (Å²) in [6, 6.07) is 9.06. The minimum atomic E-state index is -5.81. The smallest absolute Gasteiger partial charge is 0.425 e. The second kappa shape index (κ2) is 8.12. The number of benzene rings is 2. The Bertz CT molecular complexity index is 1060. The number of hydrogen-bond donors (Lipinski definition) is 0. The number of anilines is 1. The lowest BCUT2D eigenvalue weighted by molar-refractivity contribution is -0.360. The number of nitrogens with zero attached hydrogens (tertiary/aromatic N) is 3. The molecule has 0 saturated carbocycles. The summed E-state index contributed by atoms with van der Waals surface area (Å²) in [5.74, 6) is -0.650. The molecule has 0 spiro atoms. The fourth-order valence-corrected chi connectivity index (χ4v) is 4.14. The molecule has 1 fully saturated rings. The number of aromatic nitrogens is 1. The predicted octanol–water partition coefficient (Wildman–Crippen LogP) is 5.30. The second-order valence-electron chi connectivity index (χ2n) is 7.10. The standard InChI is InChI=1S/C20H17F5N3O2S/c21-19(22,23)20(24,25)30-15-4-2-1-3-13(15)11-27-7-9-28(10-8-27)14-5-6-16-17(18(14)29)26-12-31-16/h1-6,12H,7-11H2. The molecule has 5 nitrogen and oxygen atoms in total. The van der Waals surface area contributed by atoms with Gasteiger partial charge in [-0.1, -0.05) is 18.2 Å². The van der Waals surface area contributed by atoms with Crippen molar-refractivity contribution in [2.75, 3.05) is 31.1 Å². The average Bonchev–Trinajstić information content (AvgIpc) is 3.19. The Labute approximate surface area is 178 Å². The van der Waals surface area contributed by atoms with Crippen LogP contribution in [0.5, 0.6) is 11.5 Å². The lowest BCUT2D eigenvalue weighted by atomic mass is 10.1. The van der Waals surface area contributed by atoms with E-state index in [1.807, 2.05) is 15.9 Å². The number of halogens is 5. The number of ether oxygens (including phenoxy) is 1. The fraction of sp³-hybridized carbons (Fsp3) is 0.350. The maximum absolute atomic E-state index is 13.3. The maximum atomic E-state index is 13.3. The molecule has 4 rings (SSSR count). The van der Waals surface area contributed by atoms with E-state index in [4.69, 9.17) is 0 Å². The summed E-state index contributed by atoms with van der Waals surface area (Å²) in [5.41, 5.74) is 2.83. The lowest BCUT2D eigenvalue weighted by Crippen LogP contribution is -2.46. The van der Waals surface area contributed by atoms with Crippen LogP contribution in [0.2, 0.25) is 0 Å². The third-order valence-electron chi connectivity index (χ3n) is 5.08. The van der Waals surface area contributed by atoms with Gasteiger partial charge < -0.3 is 9.64 Å². The Morgan fingerprint density at radius 3 is 2.42 bits per heavy atom. The monoisotopic (exact) mass is 458 g/mol. The largest absolute Gasteiger partial charge is 0.499 e. The number of hydrogen-bond acceptors (Lipinski definition) is 5. The third-order valence-corrected chi connectivity index (χ3v) is 5.88. The number of alkyl halides is 5. The van der Waals surface area contributed by atoms with E-state index < -0.39 is 18.0 Å². The summed E-state index contributed by atoms with van der Waals surface area (Å²) in [5, 5.41) is 12.6.